The fraction of sp³-hybridized carbons (Fsp3) is 0.133. The predicted octanol–water partition coefficient (Wildman–Crippen LogP) is 3.86. The third kappa shape index (κ3) is 1.68. The van der Waals surface area contributed by atoms with Crippen LogP contribution in [0.15, 0.2) is 48.5 Å². The zero-order chi connectivity index (χ0) is 12.5. The molecule has 0 aliphatic heterocycles. The molecular formula is C15H13FN2. The van der Waals surface area contributed by atoms with Gasteiger partial charge in [0.2, 0.25) is 0 Å². The highest BCUT2D eigenvalue weighted by atomic mass is 19.1. The SMILES string of the molecule is CCn1c(-c2ccc(F)cc2)nc2ccccc21. The van der Waals surface area contributed by atoms with E-state index in [2.05, 4.69) is 22.5 Å². The molecule has 90 valence electrons. The number of fused-ring (bicyclic) bond motifs is 1. The zero-order valence-electron chi connectivity index (χ0n) is 10.1. The lowest BCUT2D eigenvalue weighted by molar-refractivity contribution is 0.628. The molecule has 0 aliphatic rings. The van der Waals surface area contributed by atoms with Gasteiger partial charge in [0, 0.05) is 12.1 Å². The first-order valence-corrected chi connectivity index (χ1v) is 6.01. The summed E-state index contributed by atoms with van der Waals surface area (Å²) in [4.78, 5) is 4.62. The Morgan fingerprint density at radius 1 is 1.06 bits per heavy atom. The molecular weight excluding hydrogens is 227 g/mol. The first-order valence-electron chi connectivity index (χ1n) is 6.01. The Morgan fingerprint density at radius 3 is 2.50 bits per heavy atom. The van der Waals surface area contributed by atoms with Crippen molar-refractivity contribution >= 4 is 11.0 Å². The molecule has 1 heterocycles. The fourth-order valence-corrected chi connectivity index (χ4v) is 2.21. The van der Waals surface area contributed by atoms with Crippen molar-refractivity contribution in [2.45, 2.75) is 13.5 Å². The van der Waals surface area contributed by atoms with Gasteiger partial charge in [-0.25, -0.2) is 9.37 Å². The Labute approximate surface area is 105 Å². The van der Waals surface area contributed by atoms with E-state index in [1.165, 1.54) is 12.1 Å². The Kier molecular flexibility index (Phi) is 2.59. The van der Waals surface area contributed by atoms with Crippen LogP contribution in [0.3, 0.4) is 0 Å². The number of aryl methyl sites for hydroxylation is 1. The van der Waals surface area contributed by atoms with E-state index < -0.39 is 0 Å². The Balaban J connectivity index is 2.25. The van der Waals surface area contributed by atoms with Crippen molar-refractivity contribution in [2.75, 3.05) is 0 Å². The number of nitrogens with zero attached hydrogens (tertiary/aromatic N) is 2. The molecule has 0 bridgehead atoms. The molecule has 0 atom stereocenters. The summed E-state index contributed by atoms with van der Waals surface area (Å²) in [7, 11) is 0. The maximum atomic E-state index is 13.0. The molecule has 0 N–H and O–H groups in total. The molecule has 0 saturated heterocycles. The summed E-state index contributed by atoms with van der Waals surface area (Å²) in [5.74, 6) is 0.664. The molecule has 18 heavy (non-hydrogen) atoms. The highest BCUT2D eigenvalue weighted by Crippen LogP contribution is 2.24. The molecule has 0 saturated carbocycles. The standard InChI is InChI=1S/C15H13FN2/c1-2-18-14-6-4-3-5-13(14)17-15(18)11-7-9-12(16)10-8-11/h3-10H,2H2,1H3. The third-order valence-corrected chi connectivity index (χ3v) is 3.07. The van der Waals surface area contributed by atoms with Crippen molar-refractivity contribution in [3.63, 3.8) is 0 Å². The maximum absolute atomic E-state index is 13.0. The Hall–Kier alpha value is -2.16. The van der Waals surface area contributed by atoms with Crippen molar-refractivity contribution in [1.82, 2.24) is 9.55 Å². The van der Waals surface area contributed by atoms with Crippen molar-refractivity contribution in [2.24, 2.45) is 0 Å². The summed E-state index contributed by atoms with van der Waals surface area (Å²) < 4.78 is 15.1. The number of imidazole rings is 1. The van der Waals surface area contributed by atoms with Gasteiger partial charge in [-0.1, -0.05) is 12.1 Å². The number of para-hydroxylation sites is 2. The average Bonchev–Trinajstić information content (AvgIpc) is 2.78. The van der Waals surface area contributed by atoms with Crippen LogP contribution in [-0.4, -0.2) is 9.55 Å². The zero-order valence-corrected chi connectivity index (χ0v) is 10.1. The van der Waals surface area contributed by atoms with Gasteiger partial charge in [-0.2, -0.15) is 0 Å². The molecule has 0 spiro atoms. The van der Waals surface area contributed by atoms with Crippen LogP contribution in [0.4, 0.5) is 4.39 Å². The first kappa shape index (κ1) is 11.0. The number of rotatable bonds is 2. The van der Waals surface area contributed by atoms with E-state index in [1.807, 2.05) is 18.2 Å². The molecule has 2 aromatic carbocycles. The monoisotopic (exact) mass is 240 g/mol. The quantitative estimate of drug-likeness (QED) is 0.665. The third-order valence-electron chi connectivity index (χ3n) is 3.07. The molecule has 3 rings (SSSR count). The van der Waals surface area contributed by atoms with Crippen LogP contribution in [0.5, 0.6) is 0 Å². The Morgan fingerprint density at radius 2 is 1.78 bits per heavy atom. The van der Waals surface area contributed by atoms with Crippen LogP contribution in [0.2, 0.25) is 0 Å². The highest BCUT2D eigenvalue weighted by molar-refractivity contribution is 5.80. The van der Waals surface area contributed by atoms with Crippen LogP contribution in [0.1, 0.15) is 6.92 Å². The summed E-state index contributed by atoms with van der Waals surface area (Å²) in [6.45, 7) is 2.92. The highest BCUT2D eigenvalue weighted by Gasteiger charge is 2.10. The fourth-order valence-electron chi connectivity index (χ4n) is 2.21. The van der Waals surface area contributed by atoms with E-state index >= 15 is 0 Å². The van der Waals surface area contributed by atoms with E-state index in [0.717, 1.165) is 29.0 Å². The molecule has 0 amide bonds. The maximum Gasteiger partial charge on any atom is 0.141 e. The second-order valence-corrected chi connectivity index (χ2v) is 4.18. The van der Waals surface area contributed by atoms with Gasteiger partial charge in [-0.3, -0.25) is 0 Å². The average molecular weight is 240 g/mol. The molecule has 0 unspecified atom stereocenters. The van der Waals surface area contributed by atoms with Gasteiger partial charge >= 0.3 is 0 Å². The number of hydrogen-bond donors (Lipinski definition) is 0. The molecule has 0 radical (unpaired) electrons. The van der Waals surface area contributed by atoms with Crippen LogP contribution in [0, 0.1) is 5.82 Å². The first-order chi connectivity index (χ1) is 8.79. The summed E-state index contributed by atoms with van der Waals surface area (Å²) in [5, 5.41) is 0. The topological polar surface area (TPSA) is 17.8 Å². The minimum absolute atomic E-state index is 0.224. The molecule has 2 nitrogen and oxygen atoms in total. The van der Waals surface area contributed by atoms with Gasteiger partial charge in [-0.05, 0) is 43.3 Å². The van der Waals surface area contributed by atoms with Crippen LogP contribution in [0.25, 0.3) is 22.4 Å². The molecule has 3 heteroatoms. The van der Waals surface area contributed by atoms with E-state index in [9.17, 15) is 4.39 Å². The smallest absolute Gasteiger partial charge is 0.141 e. The molecule has 3 aromatic rings. The minimum atomic E-state index is -0.224. The van der Waals surface area contributed by atoms with E-state index in [0.29, 0.717) is 0 Å². The van der Waals surface area contributed by atoms with Gasteiger partial charge in [0.15, 0.2) is 0 Å². The van der Waals surface area contributed by atoms with Crippen molar-refractivity contribution < 1.29 is 4.39 Å². The summed E-state index contributed by atoms with van der Waals surface area (Å²) >= 11 is 0. The van der Waals surface area contributed by atoms with Crippen molar-refractivity contribution in [1.29, 1.82) is 0 Å². The lowest BCUT2D eigenvalue weighted by atomic mass is 10.2. The summed E-state index contributed by atoms with van der Waals surface area (Å²) in [6, 6.07) is 14.5. The number of benzene rings is 2. The number of halogens is 1. The van der Waals surface area contributed by atoms with Crippen LogP contribution >= 0.6 is 0 Å². The lowest BCUT2D eigenvalue weighted by Crippen LogP contribution is -1.97. The Bertz CT molecular complexity index is 683. The normalized spacial score (nSPS) is 11.0. The summed E-state index contributed by atoms with van der Waals surface area (Å²) in [6.07, 6.45) is 0. The number of aromatic nitrogens is 2. The second kappa shape index (κ2) is 4.26. The second-order valence-electron chi connectivity index (χ2n) is 4.18. The number of hydrogen-bond acceptors (Lipinski definition) is 1. The van der Waals surface area contributed by atoms with Gasteiger partial charge in [-0.15, -0.1) is 0 Å². The van der Waals surface area contributed by atoms with Gasteiger partial charge in [0.1, 0.15) is 11.6 Å². The van der Waals surface area contributed by atoms with Gasteiger partial charge < -0.3 is 4.57 Å². The molecule has 0 fully saturated rings. The van der Waals surface area contributed by atoms with Crippen molar-refractivity contribution in [3.05, 3.63) is 54.3 Å². The lowest BCUT2D eigenvalue weighted by Gasteiger charge is -2.05. The van der Waals surface area contributed by atoms with Crippen molar-refractivity contribution in [3.8, 4) is 11.4 Å². The van der Waals surface area contributed by atoms with Gasteiger partial charge in [0.25, 0.3) is 0 Å². The largest absolute Gasteiger partial charge is 0.324 e. The molecule has 0 aliphatic carbocycles. The van der Waals surface area contributed by atoms with E-state index in [1.54, 1.807) is 12.1 Å². The van der Waals surface area contributed by atoms with Crippen LogP contribution in [-0.2, 0) is 6.54 Å². The molecule has 1 aromatic heterocycles. The van der Waals surface area contributed by atoms with E-state index in [-0.39, 0.29) is 5.82 Å². The van der Waals surface area contributed by atoms with E-state index in [4.69, 9.17) is 0 Å². The van der Waals surface area contributed by atoms with Gasteiger partial charge in [0.05, 0.1) is 11.0 Å². The summed E-state index contributed by atoms with van der Waals surface area (Å²) in [5.41, 5.74) is 3.02. The van der Waals surface area contributed by atoms with Crippen LogP contribution < -0.4 is 0 Å². The minimum Gasteiger partial charge on any atom is -0.324 e. The predicted molar refractivity (Wildman–Crippen MR) is 70.8 cm³/mol.